The highest BCUT2D eigenvalue weighted by atomic mass is 32.2. The Labute approximate surface area is 105 Å². The summed E-state index contributed by atoms with van der Waals surface area (Å²) in [6.45, 7) is 3.97. The fourth-order valence-electron chi connectivity index (χ4n) is 1.28. The van der Waals surface area contributed by atoms with Crippen LogP contribution in [0.4, 0.5) is 0 Å². The van der Waals surface area contributed by atoms with E-state index in [1.807, 2.05) is 30.8 Å². The molecule has 0 bridgehead atoms. The van der Waals surface area contributed by atoms with Crippen LogP contribution in [0.5, 0.6) is 0 Å². The standard InChI is InChI=1S/C12H16O2S2/c1-3-15-6-7-16-10-5-4-9(2)11(8-10)12(13)14/h4-5,8H,3,6-7H2,1-2H3,(H,13,14). The zero-order chi connectivity index (χ0) is 12.0. The Kier molecular flexibility index (Phi) is 5.77. The molecule has 1 aromatic carbocycles. The molecule has 1 aromatic rings. The van der Waals surface area contributed by atoms with E-state index in [-0.39, 0.29) is 0 Å². The minimum absolute atomic E-state index is 0.410. The van der Waals surface area contributed by atoms with Gasteiger partial charge in [0.05, 0.1) is 5.56 Å². The average molecular weight is 256 g/mol. The SMILES string of the molecule is CCSCCSc1ccc(C)c(C(=O)O)c1. The summed E-state index contributed by atoms with van der Waals surface area (Å²) in [6, 6.07) is 5.63. The quantitative estimate of drug-likeness (QED) is 0.624. The van der Waals surface area contributed by atoms with E-state index >= 15 is 0 Å². The van der Waals surface area contributed by atoms with Crippen molar-refractivity contribution in [1.29, 1.82) is 0 Å². The molecule has 0 saturated heterocycles. The van der Waals surface area contributed by atoms with Crippen LogP contribution in [0.3, 0.4) is 0 Å². The molecule has 1 rings (SSSR count). The highest BCUT2D eigenvalue weighted by Crippen LogP contribution is 2.22. The maximum Gasteiger partial charge on any atom is 0.335 e. The summed E-state index contributed by atoms with van der Waals surface area (Å²) in [6.07, 6.45) is 0. The number of hydrogen-bond donors (Lipinski definition) is 1. The summed E-state index contributed by atoms with van der Waals surface area (Å²) in [5.74, 6) is 2.43. The van der Waals surface area contributed by atoms with E-state index in [4.69, 9.17) is 5.11 Å². The second kappa shape index (κ2) is 6.86. The topological polar surface area (TPSA) is 37.3 Å². The molecule has 0 aliphatic heterocycles. The van der Waals surface area contributed by atoms with E-state index in [0.29, 0.717) is 5.56 Å². The van der Waals surface area contributed by atoms with Gasteiger partial charge >= 0.3 is 5.97 Å². The summed E-state index contributed by atoms with van der Waals surface area (Å²) in [5, 5.41) is 8.99. The number of carboxylic acid groups (broad SMARTS) is 1. The van der Waals surface area contributed by atoms with Crippen LogP contribution in [0.25, 0.3) is 0 Å². The number of thioether (sulfide) groups is 2. The Morgan fingerprint density at radius 2 is 2.12 bits per heavy atom. The van der Waals surface area contributed by atoms with Crippen LogP contribution in [0, 0.1) is 6.92 Å². The van der Waals surface area contributed by atoms with Gasteiger partial charge in [0.15, 0.2) is 0 Å². The van der Waals surface area contributed by atoms with Crippen LogP contribution in [-0.4, -0.2) is 28.3 Å². The highest BCUT2D eigenvalue weighted by Gasteiger charge is 2.07. The Balaban J connectivity index is 2.61. The Hall–Kier alpha value is -0.610. The van der Waals surface area contributed by atoms with Gasteiger partial charge in [-0.15, -0.1) is 11.8 Å². The summed E-state index contributed by atoms with van der Waals surface area (Å²) in [4.78, 5) is 12.0. The minimum Gasteiger partial charge on any atom is -0.478 e. The van der Waals surface area contributed by atoms with Crippen LogP contribution in [-0.2, 0) is 0 Å². The monoisotopic (exact) mass is 256 g/mol. The molecule has 0 heterocycles. The molecule has 88 valence electrons. The molecule has 16 heavy (non-hydrogen) atoms. The number of rotatable bonds is 6. The molecule has 0 aliphatic carbocycles. The van der Waals surface area contributed by atoms with E-state index in [0.717, 1.165) is 27.7 Å². The van der Waals surface area contributed by atoms with Crippen LogP contribution in [0.15, 0.2) is 23.1 Å². The molecular weight excluding hydrogens is 240 g/mol. The van der Waals surface area contributed by atoms with Crippen LogP contribution < -0.4 is 0 Å². The van der Waals surface area contributed by atoms with Crippen molar-refractivity contribution in [2.75, 3.05) is 17.3 Å². The van der Waals surface area contributed by atoms with Gasteiger partial charge in [-0.3, -0.25) is 0 Å². The van der Waals surface area contributed by atoms with E-state index in [9.17, 15) is 4.79 Å². The van der Waals surface area contributed by atoms with Gasteiger partial charge in [0.2, 0.25) is 0 Å². The third-order valence-corrected chi connectivity index (χ3v) is 4.29. The van der Waals surface area contributed by atoms with Gasteiger partial charge in [-0.25, -0.2) is 4.79 Å². The first-order valence-electron chi connectivity index (χ1n) is 5.19. The predicted molar refractivity (Wildman–Crippen MR) is 71.9 cm³/mol. The predicted octanol–water partition coefficient (Wildman–Crippen LogP) is 3.54. The molecule has 0 amide bonds. The second-order valence-electron chi connectivity index (χ2n) is 3.33. The van der Waals surface area contributed by atoms with Gasteiger partial charge in [0, 0.05) is 16.4 Å². The molecule has 2 nitrogen and oxygen atoms in total. The van der Waals surface area contributed by atoms with Crippen molar-refractivity contribution in [3.63, 3.8) is 0 Å². The summed E-state index contributed by atoms with van der Waals surface area (Å²) >= 11 is 3.62. The van der Waals surface area contributed by atoms with E-state index in [1.54, 1.807) is 17.8 Å². The normalized spacial score (nSPS) is 10.4. The van der Waals surface area contributed by atoms with Crippen molar-refractivity contribution in [3.05, 3.63) is 29.3 Å². The van der Waals surface area contributed by atoms with E-state index < -0.39 is 5.97 Å². The van der Waals surface area contributed by atoms with Gasteiger partial charge in [0.25, 0.3) is 0 Å². The lowest BCUT2D eigenvalue weighted by Gasteiger charge is -2.05. The summed E-state index contributed by atoms with van der Waals surface area (Å²) < 4.78 is 0. The minimum atomic E-state index is -0.845. The molecule has 0 aromatic heterocycles. The number of aryl methyl sites for hydroxylation is 1. The Bertz CT molecular complexity index is 364. The van der Waals surface area contributed by atoms with Crippen LogP contribution >= 0.6 is 23.5 Å². The first-order chi connectivity index (χ1) is 7.65. The van der Waals surface area contributed by atoms with Crippen molar-refractivity contribution in [2.45, 2.75) is 18.7 Å². The molecule has 0 spiro atoms. The largest absolute Gasteiger partial charge is 0.478 e. The van der Waals surface area contributed by atoms with Crippen molar-refractivity contribution < 1.29 is 9.90 Å². The van der Waals surface area contributed by atoms with E-state index in [1.165, 1.54) is 0 Å². The molecule has 0 atom stereocenters. The van der Waals surface area contributed by atoms with Crippen molar-refractivity contribution >= 4 is 29.5 Å². The maximum atomic E-state index is 10.9. The molecule has 0 aliphatic rings. The van der Waals surface area contributed by atoms with Crippen molar-refractivity contribution in [1.82, 2.24) is 0 Å². The first kappa shape index (κ1) is 13.5. The Morgan fingerprint density at radius 1 is 1.38 bits per heavy atom. The highest BCUT2D eigenvalue weighted by molar-refractivity contribution is 8.02. The molecule has 1 N–H and O–H groups in total. The fraction of sp³-hybridized carbons (Fsp3) is 0.417. The van der Waals surface area contributed by atoms with Gasteiger partial charge in [-0.2, -0.15) is 11.8 Å². The summed E-state index contributed by atoms with van der Waals surface area (Å²) in [7, 11) is 0. The summed E-state index contributed by atoms with van der Waals surface area (Å²) in [5.41, 5.74) is 1.23. The van der Waals surface area contributed by atoms with Crippen LogP contribution in [0.2, 0.25) is 0 Å². The van der Waals surface area contributed by atoms with Gasteiger partial charge < -0.3 is 5.11 Å². The number of aromatic carboxylic acids is 1. The van der Waals surface area contributed by atoms with Crippen molar-refractivity contribution in [2.24, 2.45) is 0 Å². The number of carbonyl (C=O) groups is 1. The third kappa shape index (κ3) is 4.10. The zero-order valence-corrected chi connectivity index (χ0v) is 11.2. The lowest BCUT2D eigenvalue weighted by atomic mass is 10.1. The van der Waals surface area contributed by atoms with Gasteiger partial charge in [-0.1, -0.05) is 13.0 Å². The smallest absolute Gasteiger partial charge is 0.335 e. The molecule has 0 fully saturated rings. The van der Waals surface area contributed by atoms with Gasteiger partial charge in [0.1, 0.15) is 0 Å². The average Bonchev–Trinajstić information content (AvgIpc) is 2.26. The molecular formula is C12H16O2S2. The number of carboxylic acids is 1. The lowest BCUT2D eigenvalue weighted by Crippen LogP contribution is -1.99. The number of benzene rings is 1. The van der Waals surface area contributed by atoms with E-state index in [2.05, 4.69) is 6.92 Å². The third-order valence-electron chi connectivity index (χ3n) is 2.14. The molecule has 0 saturated carbocycles. The Morgan fingerprint density at radius 3 is 2.75 bits per heavy atom. The fourth-order valence-corrected chi connectivity index (χ4v) is 2.98. The number of hydrogen-bond acceptors (Lipinski definition) is 3. The lowest BCUT2D eigenvalue weighted by molar-refractivity contribution is 0.0696. The first-order valence-corrected chi connectivity index (χ1v) is 7.33. The van der Waals surface area contributed by atoms with Gasteiger partial charge in [-0.05, 0) is 30.4 Å². The van der Waals surface area contributed by atoms with Crippen LogP contribution in [0.1, 0.15) is 22.8 Å². The zero-order valence-electron chi connectivity index (χ0n) is 9.53. The second-order valence-corrected chi connectivity index (χ2v) is 5.89. The maximum absolute atomic E-state index is 10.9. The molecule has 0 radical (unpaired) electrons. The molecule has 4 heteroatoms. The molecule has 0 unspecified atom stereocenters. The van der Waals surface area contributed by atoms with Crippen molar-refractivity contribution in [3.8, 4) is 0 Å².